The number of carbonyl (C=O) groups is 1. The topological polar surface area (TPSA) is 72.3 Å². The molecule has 6 heteroatoms. The molecular formula is C9H12N2O3S. The summed E-state index contributed by atoms with van der Waals surface area (Å²) in [5.74, 6) is -0.505. The molecule has 0 bridgehead atoms. The smallest absolute Gasteiger partial charge is 0.358 e. The first-order valence-electron chi connectivity index (χ1n) is 4.35. The maximum atomic E-state index is 11.0. The molecule has 1 aromatic heterocycles. The molecule has 0 saturated carbocycles. The first-order chi connectivity index (χ1) is 7.17. The van der Waals surface area contributed by atoms with E-state index in [9.17, 15) is 4.79 Å². The summed E-state index contributed by atoms with van der Waals surface area (Å²) in [6, 6.07) is 0. The van der Waals surface area contributed by atoms with E-state index in [2.05, 4.69) is 14.7 Å². The average molecular weight is 228 g/mol. The van der Waals surface area contributed by atoms with E-state index in [0.717, 1.165) is 0 Å². The third kappa shape index (κ3) is 3.49. The van der Waals surface area contributed by atoms with Gasteiger partial charge in [0.1, 0.15) is 5.03 Å². The van der Waals surface area contributed by atoms with Crippen LogP contribution < -0.4 is 0 Å². The third-order valence-corrected chi connectivity index (χ3v) is 2.61. The lowest BCUT2D eigenvalue weighted by atomic mass is 10.5. The summed E-state index contributed by atoms with van der Waals surface area (Å²) >= 11 is 1.40. The van der Waals surface area contributed by atoms with Gasteiger partial charge < -0.3 is 9.84 Å². The zero-order chi connectivity index (χ0) is 11.3. The zero-order valence-electron chi connectivity index (χ0n) is 8.51. The molecule has 0 spiro atoms. The number of thioether (sulfide) groups is 1. The van der Waals surface area contributed by atoms with Crippen LogP contribution in [0, 0.1) is 0 Å². The molecule has 1 heterocycles. The van der Waals surface area contributed by atoms with Gasteiger partial charge in [0.05, 0.1) is 26.1 Å². The minimum atomic E-state index is -0.505. The first kappa shape index (κ1) is 11.9. The molecule has 0 aliphatic carbocycles. The van der Waals surface area contributed by atoms with Crippen LogP contribution in [0.5, 0.6) is 0 Å². The van der Waals surface area contributed by atoms with Crippen molar-refractivity contribution in [2.75, 3.05) is 13.7 Å². The average Bonchev–Trinajstić information content (AvgIpc) is 2.29. The fourth-order valence-corrected chi connectivity index (χ4v) is 1.54. The number of aliphatic hydroxyl groups excluding tert-OH is 1. The maximum Gasteiger partial charge on any atom is 0.358 e. The van der Waals surface area contributed by atoms with E-state index < -0.39 is 5.97 Å². The normalized spacial score (nSPS) is 12.2. The summed E-state index contributed by atoms with van der Waals surface area (Å²) in [4.78, 5) is 19.0. The lowest BCUT2D eigenvalue weighted by Gasteiger charge is -2.05. The molecular weight excluding hydrogens is 216 g/mol. The van der Waals surface area contributed by atoms with Gasteiger partial charge in [-0.15, -0.1) is 0 Å². The number of rotatable bonds is 4. The molecule has 82 valence electrons. The highest BCUT2D eigenvalue weighted by atomic mass is 32.2. The predicted molar refractivity (Wildman–Crippen MR) is 55.8 cm³/mol. The van der Waals surface area contributed by atoms with Crippen molar-refractivity contribution in [3.63, 3.8) is 0 Å². The Balaban J connectivity index is 2.68. The van der Waals surface area contributed by atoms with Crippen LogP contribution in [-0.2, 0) is 4.74 Å². The molecule has 0 saturated heterocycles. The molecule has 1 rings (SSSR count). The van der Waals surface area contributed by atoms with E-state index in [0.29, 0.717) is 5.03 Å². The summed E-state index contributed by atoms with van der Waals surface area (Å²) in [5, 5.41) is 9.56. The Hall–Kier alpha value is -1.14. The predicted octanol–water partition coefficient (Wildman–Crippen LogP) is 0.736. The lowest BCUT2D eigenvalue weighted by molar-refractivity contribution is 0.0593. The van der Waals surface area contributed by atoms with Crippen molar-refractivity contribution in [2.45, 2.75) is 17.2 Å². The van der Waals surface area contributed by atoms with E-state index in [-0.39, 0.29) is 17.6 Å². The second-order valence-electron chi connectivity index (χ2n) is 2.84. The number of methoxy groups -OCH3 is 1. The van der Waals surface area contributed by atoms with Gasteiger partial charge in [-0.3, -0.25) is 0 Å². The van der Waals surface area contributed by atoms with E-state index in [4.69, 9.17) is 5.11 Å². The van der Waals surface area contributed by atoms with Crippen LogP contribution >= 0.6 is 11.8 Å². The van der Waals surface area contributed by atoms with Crippen molar-refractivity contribution in [2.24, 2.45) is 0 Å². The number of aromatic nitrogens is 2. The SMILES string of the molecule is COC(=O)c1cnc(SC(C)CO)cn1. The number of carbonyl (C=O) groups excluding carboxylic acids is 1. The molecule has 0 radical (unpaired) electrons. The second kappa shape index (κ2) is 5.67. The highest BCUT2D eigenvalue weighted by molar-refractivity contribution is 7.99. The summed E-state index contributed by atoms with van der Waals surface area (Å²) < 4.78 is 4.49. The summed E-state index contributed by atoms with van der Waals surface area (Å²) in [5.41, 5.74) is 0.179. The van der Waals surface area contributed by atoms with E-state index in [1.54, 1.807) is 0 Å². The van der Waals surface area contributed by atoms with Gasteiger partial charge in [0.15, 0.2) is 5.69 Å². The minimum absolute atomic E-state index is 0.0586. The Labute approximate surface area is 91.9 Å². The Morgan fingerprint density at radius 3 is 2.80 bits per heavy atom. The van der Waals surface area contributed by atoms with Gasteiger partial charge in [0, 0.05) is 5.25 Å². The Morgan fingerprint density at radius 2 is 2.33 bits per heavy atom. The molecule has 0 aromatic carbocycles. The second-order valence-corrected chi connectivity index (χ2v) is 4.30. The number of nitrogens with zero attached hydrogens (tertiary/aromatic N) is 2. The number of esters is 1. The quantitative estimate of drug-likeness (QED) is 0.605. The fraction of sp³-hybridized carbons (Fsp3) is 0.444. The number of aliphatic hydroxyl groups is 1. The standard InChI is InChI=1S/C9H12N2O3S/c1-6(5-12)15-8-4-10-7(3-11-8)9(13)14-2/h3-4,6,12H,5H2,1-2H3. The van der Waals surface area contributed by atoms with E-state index in [1.165, 1.54) is 31.3 Å². The first-order valence-corrected chi connectivity index (χ1v) is 5.23. The highest BCUT2D eigenvalue weighted by Crippen LogP contribution is 2.19. The van der Waals surface area contributed by atoms with Crippen molar-refractivity contribution >= 4 is 17.7 Å². The van der Waals surface area contributed by atoms with Crippen LogP contribution in [-0.4, -0.2) is 40.0 Å². The Bertz CT molecular complexity index is 329. The van der Waals surface area contributed by atoms with Gasteiger partial charge >= 0.3 is 5.97 Å². The molecule has 15 heavy (non-hydrogen) atoms. The summed E-state index contributed by atoms with van der Waals surface area (Å²) in [6.45, 7) is 1.95. The fourth-order valence-electron chi connectivity index (χ4n) is 0.830. The van der Waals surface area contributed by atoms with Gasteiger partial charge in [-0.25, -0.2) is 14.8 Å². The Morgan fingerprint density at radius 1 is 1.60 bits per heavy atom. The molecule has 5 nitrogen and oxygen atoms in total. The summed E-state index contributed by atoms with van der Waals surface area (Å²) in [7, 11) is 1.29. The largest absolute Gasteiger partial charge is 0.464 e. The molecule has 1 aromatic rings. The van der Waals surface area contributed by atoms with Crippen LogP contribution in [0.15, 0.2) is 17.4 Å². The monoisotopic (exact) mass is 228 g/mol. The van der Waals surface area contributed by atoms with Gasteiger partial charge in [-0.1, -0.05) is 18.7 Å². The van der Waals surface area contributed by atoms with Crippen molar-refractivity contribution < 1.29 is 14.6 Å². The van der Waals surface area contributed by atoms with E-state index >= 15 is 0 Å². The van der Waals surface area contributed by atoms with E-state index in [1.807, 2.05) is 6.92 Å². The highest BCUT2D eigenvalue weighted by Gasteiger charge is 2.09. The van der Waals surface area contributed by atoms with Gasteiger partial charge in [-0.2, -0.15) is 0 Å². The molecule has 0 aliphatic heterocycles. The third-order valence-electron chi connectivity index (χ3n) is 1.60. The van der Waals surface area contributed by atoms with Crippen molar-refractivity contribution in [3.05, 3.63) is 18.1 Å². The molecule has 1 atom stereocenters. The zero-order valence-corrected chi connectivity index (χ0v) is 9.32. The number of hydrogen-bond acceptors (Lipinski definition) is 6. The lowest BCUT2D eigenvalue weighted by Crippen LogP contribution is -2.06. The maximum absolute atomic E-state index is 11.0. The molecule has 0 fully saturated rings. The van der Waals surface area contributed by atoms with Crippen molar-refractivity contribution in [3.8, 4) is 0 Å². The summed E-state index contributed by atoms with van der Waals surface area (Å²) in [6.07, 6.45) is 2.85. The van der Waals surface area contributed by atoms with Gasteiger partial charge in [0.2, 0.25) is 0 Å². The molecule has 0 aliphatic rings. The molecule has 0 amide bonds. The van der Waals surface area contributed by atoms with Crippen LogP contribution in [0.4, 0.5) is 0 Å². The van der Waals surface area contributed by atoms with Gasteiger partial charge in [-0.05, 0) is 0 Å². The minimum Gasteiger partial charge on any atom is -0.464 e. The van der Waals surface area contributed by atoms with Crippen LogP contribution in [0.1, 0.15) is 17.4 Å². The number of hydrogen-bond donors (Lipinski definition) is 1. The molecule has 1 N–H and O–H groups in total. The molecule has 1 unspecified atom stereocenters. The number of ether oxygens (including phenoxy) is 1. The van der Waals surface area contributed by atoms with Crippen LogP contribution in [0.25, 0.3) is 0 Å². The van der Waals surface area contributed by atoms with Crippen molar-refractivity contribution in [1.29, 1.82) is 0 Å². The Kier molecular flexibility index (Phi) is 4.51. The van der Waals surface area contributed by atoms with Crippen LogP contribution in [0.2, 0.25) is 0 Å². The van der Waals surface area contributed by atoms with Crippen molar-refractivity contribution in [1.82, 2.24) is 9.97 Å². The van der Waals surface area contributed by atoms with Crippen LogP contribution in [0.3, 0.4) is 0 Å². The van der Waals surface area contributed by atoms with Gasteiger partial charge in [0.25, 0.3) is 0 Å².